The predicted octanol–water partition coefficient (Wildman–Crippen LogP) is 1.09. The fourth-order valence-corrected chi connectivity index (χ4v) is 1.64. The molecule has 0 aromatic heterocycles. The van der Waals surface area contributed by atoms with Crippen LogP contribution in [-0.4, -0.2) is 43.1 Å². The molecule has 0 bridgehead atoms. The van der Waals surface area contributed by atoms with Gasteiger partial charge >= 0.3 is 18.0 Å². The van der Waals surface area contributed by atoms with E-state index in [1.807, 2.05) is 0 Å². The molecule has 0 aromatic rings. The van der Waals surface area contributed by atoms with Crippen LogP contribution in [0, 0.1) is 0 Å². The fraction of sp³-hybridized carbons (Fsp3) is 0.727. The highest BCUT2D eigenvalue weighted by Gasteiger charge is 2.21. The van der Waals surface area contributed by atoms with E-state index in [1.165, 1.54) is 12.0 Å². The third-order valence-electron chi connectivity index (χ3n) is 2.58. The van der Waals surface area contributed by atoms with Crippen LogP contribution in [-0.2, 0) is 19.1 Å². The summed E-state index contributed by atoms with van der Waals surface area (Å²) in [6, 6.07) is 0. The van der Waals surface area contributed by atoms with Gasteiger partial charge in [0.25, 0.3) is 0 Å². The Morgan fingerprint density at radius 2 is 1.59 bits per heavy atom. The van der Waals surface area contributed by atoms with Crippen LogP contribution < -0.4 is 0 Å². The quantitative estimate of drug-likeness (QED) is 0.536. The molecule has 0 atom stereocenters. The SMILES string of the molecule is COC(=O)CC(=O)OC(=O)N1CCCCCC1. The number of methoxy groups -OCH3 is 1. The molecule has 1 aliphatic rings. The van der Waals surface area contributed by atoms with Crippen molar-refractivity contribution in [3.05, 3.63) is 0 Å². The molecule has 1 saturated heterocycles. The first-order chi connectivity index (χ1) is 8.13. The van der Waals surface area contributed by atoms with Gasteiger partial charge in [-0.2, -0.15) is 0 Å². The van der Waals surface area contributed by atoms with E-state index >= 15 is 0 Å². The van der Waals surface area contributed by atoms with Crippen molar-refractivity contribution in [2.75, 3.05) is 20.2 Å². The third kappa shape index (κ3) is 4.84. The zero-order chi connectivity index (χ0) is 12.7. The van der Waals surface area contributed by atoms with E-state index < -0.39 is 24.5 Å². The van der Waals surface area contributed by atoms with Gasteiger partial charge in [-0.15, -0.1) is 0 Å². The van der Waals surface area contributed by atoms with Crippen molar-refractivity contribution in [2.45, 2.75) is 32.1 Å². The molecule has 96 valence electrons. The highest BCUT2D eigenvalue weighted by atomic mass is 16.6. The minimum atomic E-state index is -0.869. The van der Waals surface area contributed by atoms with Gasteiger partial charge in [0.05, 0.1) is 7.11 Å². The normalized spacial score (nSPS) is 15.9. The summed E-state index contributed by atoms with van der Waals surface area (Å²) < 4.78 is 8.87. The number of likely N-dealkylation sites (tertiary alicyclic amines) is 1. The first-order valence-corrected chi connectivity index (χ1v) is 5.70. The Balaban J connectivity index is 2.36. The molecule has 1 amide bonds. The molecule has 1 aliphatic heterocycles. The van der Waals surface area contributed by atoms with Crippen LogP contribution >= 0.6 is 0 Å². The summed E-state index contributed by atoms with van der Waals surface area (Å²) in [6.07, 6.45) is 2.80. The van der Waals surface area contributed by atoms with Crippen LogP contribution in [0.4, 0.5) is 4.79 Å². The lowest BCUT2D eigenvalue weighted by atomic mass is 10.2. The number of amides is 1. The van der Waals surface area contributed by atoms with Crippen molar-refractivity contribution in [3.8, 4) is 0 Å². The Bertz CT molecular complexity index is 294. The zero-order valence-electron chi connectivity index (χ0n) is 9.94. The molecule has 6 heteroatoms. The van der Waals surface area contributed by atoms with E-state index in [0.717, 1.165) is 25.7 Å². The summed E-state index contributed by atoms with van der Waals surface area (Å²) in [5, 5.41) is 0. The van der Waals surface area contributed by atoms with Crippen LogP contribution in [0.5, 0.6) is 0 Å². The van der Waals surface area contributed by atoms with Gasteiger partial charge < -0.3 is 14.4 Å². The van der Waals surface area contributed by atoms with Crippen molar-refractivity contribution in [1.82, 2.24) is 4.90 Å². The van der Waals surface area contributed by atoms with Gasteiger partial charge in [0.15, 0.2) is 0 Å². The van der Waals surface area contributed by atoms with E-state index in [4.69, 9.17) is 0 Å². The molecule has 6 nitrogen and oxygen atoms in total. The molecule has 0 saturated carbocycles. The second-order valence-electron chi connectivity index (χ2n) is 3.89. The number of carbonyl (C=O) groups is 3. The fourth-order valence-electron chi connectivity index (χ4n) is 1.64. The molecule has 1 fully saturated rings. The van der Waals surface area contributed by atoms with Gasteiger partial charge in [-0.05, 0) is 12.8 Å². The summed E-state index contributed by atoms with van der Waals surface area (Å²) in [7, 11) is 1.17. The number of esters is 2. The molecule has 0 N–H and O–H groups in total. The minimum Gasteiger partial charge on any atom is -0.469 e. The topological polar surface area (TPSA) is 72.9 Å². The van der Waals surface area contributed by atoms with E-state index in [-0.39, 0.29) is 0 Å². The van der Waals surface area contributed by atoms with Crippen molar-refractivity contribution in [1.29, 1.82) is 0 Å². The highest BCUT2D eigenvalue weighted by molar-refractivity contribution is 5.95. The minimum absolute atomic E-state index is 0.532. The maximum Gasteiger partial charge on any atom is 0.417 e. The maximum atomic E-state index is 11.6. The van der Waals surface area contributed by atoms with Crippen molar-refractivity contribution in [2.24, 2.45) is 0 Å². The van der Waals surface area contributed by atoms with Gasteiger partial charge in [0, 0.05) is 13.1 Å². The van der Waals surface area contributed by atoms with Crippen LogP contribution in [0.3, 0.4) is 0 Å². The summed E-state index contributed by atoms with van der Waals surface area (Å²) in [4.78, 5) is 35.0. The van der Waals surface area contributed by atoms with Crippen LogP contribution in [0.25, 0.3) is 0 Å². The number of nitrogens with zero attached hydrogens (tertiary/aromatic N) is 1. The van der Waals surface area contributed by atoms with E-state index in [2.05, 4.69) is 9.47 Å². The lowest BCUT2D eigenvalue weighted by Crippen LogP contribution is -2.34. The lowest BCUT2D eigenvalue weighted by molar-refractivity contribution is -0.149. The summed E-state index contributed by atoms with van der Waals surface area (Å²) in [5.41, 5.74) is 0. The Hall–Kier alpha value is -1.59. The molecule has 1 heterocycles. The van der Waals surface area contributed by atoms with Crippen LogP contribution in [0.2, 0.25) is 0 Å². The first kappa shape index (κ1) is 13.5. The van der Waals surface area contributed by atoms with Crippen molar-refractivity contribution >= 4 is 18.0 Å². The van der Waals surface area contributed by atoms with Gasteiger partial charge in [-0.1, -0.05) is 12.8 Å². The number of hydrogen-bond acceptors (Lipinski definition) is 5. The largest absolute Gasteiger partial charge is 0.469 e. The second-order valence-corrected chi connectivity index (χ2v) is 3.89. The van der Waals surface area contributed by atoms with Gasteiger partial charge in [0.1, 0.15) is 6.42 Å². The maximum absolute atomic E-state index is 11.6. The monoisotopic (exact) mass is 243 g/mol. The molecule has 17 heavy (non-hydrogen) atoms. The third-order valence-corrected chi connectivity index (χ3v) is 2.58. The molecule has 0 spiro atoms. The molecular formula is C11H17NO5. The average molecular weight is 243 g/mol. The summed E-state index contributed by atoms with van der Waals surface area (Å²) in [6.45, 7) is 1.20. The summed E-state index contributed by atoms with van der Waals surface area (Å²) in [5.74, 6) is -1.58. The van der Waals surface area contributed by atoms with Crippen LogP contribution in [0.1, 0.15) is 32.1 Å². The molecule has 0 radical (unpaired) electrons. The number of hydrogen-bond donors (Lipinski definition) is 0. The molecular weight excluding hydrogens is 226 g/mol. The Morgan fingerprint density at radius 3 is 2.12 bits per heavy atom. The molecule has 0 aromatic carbocycles. The Morgan fingerprint density at radius 1 is 1.00 bits per heavy atom. The number of rotatable bonds is 2. The van der Waals surface area contributed by atoms with E-state index in [9.17, 15) is 14.4 Å². The average Bonchev–Trinajstić information content (AvgIpc) is 2.57. The molecule has 1 rings (SSSR count). The zero-order valence-corrected chi connectivity index (χ0v) is 9.94. The second kappa shape index (κ2) is 6.88. The predicted molar refractivity (Wildman–Crippen MR) is 58.2 cm³/mol. The van der Waals surface area contributed by atoms with Gasteiger partial charge in [-0.3, -0.25) is 9.59 Å². The number of ether oxygens (including phenoxy) is 2. The Labute approximate surface area is 99.9 Å². The van der Waals surface area contributed by atoms with Crippen molar-refractivity contribution in [3.63, 3.8) is 0 Å². The van der Waals surface area contributed by atoms with Crippen molar-refractivity contribution < 1.29 is 23.9 Å². The van der Waals surface area contributed by atoms with E-state index in [0.29, 0.717) is 13.1 Å². The van der Waals surface area contributed by atoms with E-state index in [1.54, 1.807) is 0 Å². The molecule has 0 aliphatic carbocycles. The lowest BCUT2D eigenvalue weighted by Gasteiger charge is -2.18. The first-order valence-electron chi connectivity index (χ1n) is 5.70. The highest BCUT2D eigenvalue weighted by Crippen LogP contribution is 2.10. The standard InChI is InChI=1S/C11H17NO5/c1-16-9(13)8-10(14)17-11(15)12-6-4-2-3-5-7-12/h2-8H2,1H3. The van der Waals surface area contributed by atoms with Crippen LogP contribution in [0.15, 0.2) is 0 Å². The summed E-state index contributed by atoms with van der Waals surface area (Å²) >= 11 is 0. The molecule has 0 unspecified atom stereocenters. The number of carbonyl (C=O) groups excluding carboxylic acids is 3. The van der Waals surface area contributed by atoms with Gasteiger partial charge in [-0.25, -0.2) is 4.79 Å². The smallest absolute Gasteiger partial charge is 0.417 e. The van der Waals surface area contributed by atoms with Gasteiger partial charge in [0.2, 0.25) is 0 Å². The Kier molecular flexibility index (Phi) is 5.45.